The van der Waals surface area contributed by atoms with E-state index in [1.54, 1.807) is 6.20 Å². The van der Waals surface area contributed by atoms with E-state index in [4.69, 9.17) is 11.6 Å². The number of rotatable bonds is 2. The number of hydrogen-bond donors (Lipinski definition) is 0. The highest BCUT2D eigenvalue weighted by Gasteiger charge is 2.14. The number of carbonyl (C=O) groups is 1. The van der Waals surface area contributed by atoms with E-state index in [1.165, 1.54) is 0 Å². The summed E-state index contributed by atoms with van der Waals surface area (Å²) in [6.45, 7) is 6.47. The third-order valence-corrected chi connectivity index (χ3v) is 3.78. The molecule has 2 rings (SSSR count). The Hall–Kier alpha value is -1.61. The predicted octanol–water partition coefficient (Wildman–Crippen LogP) is 3.10. The molecule has 0 unspecified atom stereocenters. The van der Waals surface area contributed by atoms with Gasteiger partial charge in [-0.2, -0.15) is 0 Å². The van der Waals surface area contributed by atoms with Crippen LogP contribution in [0.1, 0.15) is 28.4 Å². The molecule has 0 fully saturated rings. The summed E-state index contributed by atoms with van der Waals surface area (Å²) in [6.07, 6.45) is 2.17. The molecule has 0 spiro atoms. The van der Waals surface area contributed by atoms with Crippen LogP contribution in [0.25, 0.3) is 10.9 Å². The summed E-state index contributed by atoms with van der Waals surface area (Å²) in [5, 5.41) is 0.882. The maximum absolute atomic E-state index is 12.2. The normalized spacial score (nSPS) is 10.9. The minimum Gasteiger partial charge on any atom is -0.347 e. The third kappa shape index (κ3) is 1.75. The van der Waals surface area contributed by atoms with Gasteiger partial charge < -0.3 is 4.57 Å². The Morgan fingerprint density at radius 3 is 2.61 bits per heavy atom. The average molecular weight is 264 g/mol. The molecule has 18 heavy (non-hydrogen) atoms. The SMILES string of the molecule is CCn1cc(C=O)c(=O)c2c(Cl)c(C)c(C)cc21. The monoisotopic (exact) mass is 263 g/mol. The molecule has 1 heterocycles. The maximum Gasteiger partial charge on any atom is 0.201 e. The van der Waals surface area contributed by atoms with E-state index in [9.17, 15) is 9.59 Å². The molecule has 0 saturated heterocycles. The van der Waals surface area contributed by atoms with Gasteiger partial charge in [0.2, 0.25) is 5.43 Å². The predicted molar refractivity (Wildman–Crippen MR) is 73.8 cm³/mol. The number of hydrogen-bond acceptors (Lipinski definition) is 2. The number of nitrogens with zero attached hydrogens (tertiary/aromatic N) is 1. The number of pyridine rings is 1. The summed E-state index contributed by atoms with van der Waals surface area (Å²) in [6, 6.07) is 1.94. The Kier molecular flexibility index (Phi) is 3.26. The molecule has 0 bridgehead atoms. The largest absolute Gasteiger partial charge is 0.347 e. The highest BCUT2D eigenvalue weighted by atomic mass is 35.5. The summed E-state index contributed by atoms with van der Waals surface area (Å²) in [7, 11) is 0. The maximum atomic E-state index is 12.2. The first-order valence-corrected chi connectivity index (χ1v) is 6.17. The number of aromatic nitrogens is 1. The van der Waals surface area contributed by atoms with Crippen molar-refractivity contribution in [3.05, 3.63) is 44.2 Å². The fourth-order valence-corrected chi connectivity index (χ4v) is 2.42. The van der Waals surface area contributed by atoms with Gasteiger partial charge in [0, 0.05) is 12.7 Å². The van der Waals surface area contributed by atoms with Gasteiger partial charge in [0.05, 0.1) is 21.5 Å². The lowest BCUT2D eigenvalue weighted by atomic mass is 10.0. The molecule has 0 aliphatic heterocycles. The van der Waals surface area contributed by atoms with Gasteiger partial charge in [-0.05, 0) is 38.0 Å². The molecule has 0 N–H and O–H groups in total. The number of benzene rings is 1. The molecule has 0 atom stereocenters. The van der Waals surface area contributed by atoms with Crippen LogP contribution < -0.4 is 5.43 Å². The van der Waals surface area contributed by atoms with Gasteiger partial charge in [-0.15, -0.1) is 0 Å². The second-order valence-electron chi connectivity index (χ2n) is 4.34. The van der Waals surface area contributed by atoms with Gasteiger partial charge in [0.25, 0.3) is 0 Å². The number of carbonyl (C=O) groups excluding carboxylic acids is 1. The summed E-state index contributed by atoms with van der Waals surface area (Å²) in [5.41, 5.74) is 2.55. The molecular weight excluding hydrogens is 250 g/mol. The van der Waals surface area contributed by atoms with Crippen molar-refractivity contribution in [3.63, 3.8) is 0 Å². The van der Waals surface area contributed by atoms with E-state index in [1.807, 2.05) is 31.4 Å². The Morgan fingerprint density at radius 1 is 1.39 bits per heavy atom. The molecule has 4 heteroatoms. The van der Waals surface area contributed by atoms with Crippen molar-refractivity contribution in [2.45, 2.75) is 27.3 Å². The molecule has 94 valence electrons. The number of aldehydes is 1. The summed E-state index contributed by atoms with van der Waals surface area (Å²) in [4.78, 5) is 23.1. The van der Waals surface area contributed by atoms with E-state index < -0.39 is 0 Å². The molecule has 3 nitrogen and oxygen atoms in total. The average Bonchev–Trinajstić information content (AvgIpc) is 2.36. The van der Waals surface area contributed by atoms with Crippen LogP contribution in [0.3, 0.4) is 0 Å². The van der Waals surface area contributed by atoms with Crippen molar-refractivity contribution in [1.82, 2.24) is 4.57 Å². The van der Waals surface area contributed by atoms with E-state index in [0.29, 0.717) is 23.2 Å². The van der Waals surface area contributed by atoms with Crippen molar-refractivity contribution < 1.29 is 4.79 Å². The Labute approximate surface area is 110 Å². The zero-order valence-corrected chi connectivity index (χ0v) is 11.3. The smallest absolute Gasteiger partial charge is 0.201 e. The van der Waals surface area contributed by atoms with Gasteiger partial charge in [-0.3, -0.25) is 9.59 Å². The second-order valence-corrected chi connectivity index (χ2v) is 4.72. The highest BCUT2D eigenvalue weighted by Crippen LogP contribution is 2.27. The van der Waals surface area contributed by atoms with Crippen molar-refractivity contribution >= 4 is 28.8 Å². The van der Waals surface area contributed by atoms with Crippen LogP contribution in [-0.4, -0.2) is 10.9 Å². The van der Waals surface area contributed by atoms with Crippen LogP contribution in [0.2, 0.25) is 5.02 Å². The summed E-state index contributed by atoms with van der Waals surface area (Å²) < 4.78 is 1.87. The van der Waals surface area contributed by atoms with Gasteiger partial charge in [0.1, 0.15) is 0 Å². The van der Waals surface area contributed by atoms with Gasteiger partial charge >= 0.3 is 0 Å². The van der Waals surface area contributed by atoms with Crippen LogP contribution in [-0.2, 0) is 6.54 Å². The summed E-state index contributed by atoms with van der Waals surface area (Å²) >= 11 is 6.27. The van der Waals surface area contributed by atoms with Crippen molar-refractivity contribution in [1.29, 1.82) is 0 Å². The van der Waals surface area contributed by atoms with Crippen LogP contribution in [0, 0.1) is 13.8 Å². The minimum atomic E-state index is -0.294. The van der Waals surface area contributed by atoms with E-state index in [2.05, 4.69) is 0 Å². The fraction of sp³-hybridized carbons (Fsp3) is 0.286. The molecule has 0 amide bonds. The lowest BCUT2D eigenvalue weighted by molar-refractivity contribution is 0.112. The molecule has 2 aromatic rings. The van der Waals surface area contributed by atoms with Crippen molar-refractivity contribution in [2.75, 3.05) is 0 Å². The lowest BCUT2D eigenvalue weighted by Gasteiger charge is -2.13. The van der Waals surface area contributed by atoms with Crippen LogP contribution in [0.15, 0.2) is 17.1 Å². The Balaban J connectivity index is 3.10. The molecule has 0 aliphatic carbocycles. The van der Waals surface area contributed by atoms with Gasteiger partial charge in [-0.1, -0.05) is 11.6 Å². The van der Waals surface area contributed by atoms with Crippen molar-refractivity contribution in [3.8, 4) is 0 Å². The third-order valence-electron chi connectivity index (χ3n) is 3.31. The second kappa shape index (κ2) is 4.58. The molecule has 0 radical (unpaired) electrons. The number of halogens is 1. The molecule has 1 aromatic heterocycles. The number of fused-ring (bicyclic) bond motifs is 1. The lowest BCUT2D eigenvalue weighted by Crippen LogP contribution is -2.15. The topological polar surface area (TPSA) is 39.1 Å². The number of aryl methyl sites for hydroxylation is 2. The summed E-state index contributed by atoms with van der Waals surface area (Å²) in [5.74, 6) is 0. The molecule has 1 aromatic carbocycles. The Bertz CT molecular complexity index is 701. The van der Waals surface area contributed by atoms with Gasteiger partial charge in [-0.25, -0.2) is 0 Å². The fourth-order valence-electron chi connectivity index (χ4n) is 2.09. The van der Waals surface area contributed by atoms with Crippen LogP contribution in [0.5, 0.6) is 0 Å². The van der Waals surface area contributed by atoms with E-state index in [-0.39, 0.29) is 11.0 Å². The molecule has 0 aliphatic rings. The molecular formula is C14H14ClNO2. The first-order valence-electron chi connectivity index (χ1n) is 5.79. The quantitative estimate of drug-likeness (QED) is 0.781. The zero-order valence-electron chi connectivity index (χ0n) is 10.6. The van der Waals surface area contributed by atoms with Crippen LogP contribution in [0.4, 0.5) is 0 Å². The first-order chi connectivity index (χ1) is 8.51. The molecule has 0 saturated carbocycles. The highest BCUT2D eigenvalue weighted by molar-refractivity contribution is 6.36. The van der Waals surface area contributed by atoms with E-state index >= 15 is 0 Å². The Morgan fingerprint density at radius 2 is 2.06 bits per heavy atom. The minimum absolute atomic E-state index is 0.148. The van der Waals surface area contributed by atoms with Gasteiger partial charge in [0.15, 0.2) is 6.29 Å². The van der Waals surface area contributed by atoms with E-state index in [0.717, 1.165) is 16.6 Å². The van der Waals surface area contributed by atoms with Crippen LogP contribution >= 0.6 is 11.6 Å². The van der Waals surface area contributed by atoms with Crippen molar-refractivity contribution in [2.24, 2.45) is 0 Å². The zero-order chi connectivity index (χ0) is 13.4. The standard InChI is InChI=1S/C14H14ClNO2/c1-4-16-6-10(7-17)14(18)12-11(16)5-8(2)9(3)13(12)15/h5-7H,4H2,1-3H3. The first kappa shape index (κ1) is 12.8.